The number of aromatic nitrogens is 1. The third kappa shape index (κ3) is 4.71. The average molecular weight is 527 g/mol. The first-order chi connectivity index (χ1) is 19.0. The number of rotatable bonds is 3. The Morgan fingerprint density at radius 1 is 1.00 bits per heavy atom. The monoisotopic (exact) mass is 526 g/mol. The van der Waals surface area contributed by atoms with Gasteiger partial charge in [-0.3, -0.25) is 9.59 Å². The Labute approximate surface area is 232 Å². The number of nitrogens with one attached hydrogen (secondary N) is 2. The van der Waals surface area contributed by atoms with Gasteiger partial charge in [0.25, 0.3) is 0 Å². The number of pyridine rings is 1. The summed E-state index contributed by atoms with van der Waals surface area (Å²) in [6.07, 6.45) is 25.8. The van der Waals surface area contributed by atoms with Gasteiger partial charge in [0.2, 0.25) is 11.8 Å². The molecule has 0 unspecified atom stereocenters. The fourth-order valence-corrected chi connectivity index (χ4v) is 7.84. The molecule has 2 aliphatic heterocycles. The lowest BCUT2D eigenvalue weighted by molar-refractivity contribution is -0.151. The molecule has 2 amide bonds. The van der Waals surface area contributed by atoms with Crippen LogP contribution in [0.2, 0.25) is 0 Å². The van der Waals surface area contributed by atoms with Gasteiger partial charge in [-0.2, -0.15) is 0 Å². The van der Waals surface area contributed by atoms with Gasteiger partial charge in [0.05, 0.1) is 16.5 Å². The van der Waals surface area contributed by atoms with Gasteiger partial charge in [-0.05, 0) is 56.6 Å². The largest absolute Gasteiger partial charge is 0.330 e. The number of hydrogen-bond acceptors (Lipinski definition) is 4. The zero-order valence-electron chi connectivity index (χ0n) is 23.1. The van der Waals surface area contributed by atoms with Crippen molar-refractivity contribution in [1.29, 1.82) is 0 Å². The van der Waals surface area contributed by atoms with E-state index in [1.807, 2.05) is 18.2 Å². The summed E-state index contributed by atoms with van der Waals surface area (Å²) in [5.41, 5.74) is 1.97. The van der Waals surface area contributed by atoms with Crippen LogP contribution in [-0.2, 0) is 15.0 Å². The van der Waals surface area contributed by atoms with E-state index in [4.69, 9.17) is 0 Å². The molecule has 3 spiro atoms. The molecular formula is C33H42N4O2. The van der Waals surface area contributed by atoms with Crippen LogP contribution >= 0.6 is 0 Å². The molecule has 6 heteroatoms. The summed E-state index contributed by atoms with van der Waals surface area (Å²) >= 11 is 0. The maximum atomic E-state index is 14.0. The number of anilines is 1. The van der Waals surface area contributed by atoms with Crippen LogP contribution in [-0.4, -0.2) is 45.9 Å². The summed E-state index contributed by atoms with van der Waals surface area (Å²) in [4.78, 5) is 33.9. The Morgan fingerprint density at radius 3 is 2.56 bits per heavy atom. The second kappa shape index (κ2) is 10.5. The molecule has 0 aromatic carbocycles. The predicted molar refractivity (Wildman–Crippen MR) is 155 cm³/mol. The Balaban J connectivity index is 1.22. The molecule has 1 aromatic heterocycles. The molecule has 0 radical (unpaired) electrons. The number of amides is 2. The van der Waals surface area contributed by atoms with Gasteiger partial charge in [-0.25, -0.2) is 4.98 Å². The molecule has 5 aliphatic rings. The molecule has 206 valence electrons. The summed E-state index contributed by atoms with van der Waals surface area (Å²) in [5.74, 6) is 1.02. The number of carbonyl (C=O) groups excluding carboxylic acids is 2. The third-order valence-corrected chi connectivity index (χ3v) is 10.1. The van der Waals surface area contributed by atoms with Crippen LogP contribution < -0.4 is 10.6 Å². The lowest BCUT2D eigenvalue weighted by Crippen LogP contribution is -2.72. The van der Waals surface area contributed by atoms with Gasteiger partial charge in [0, 0.05) is 24.8 Å². The Bertz CT molecular complexity index is 1230. The highest BCUT2D eigenvalue weighted by Gasteiger charge is 2.53. The second-order valence-corrected chi connectivity index (χ2v) is 12.4. The van der Waals surface area contributed by atoms with Crippen molar-refractivity contribution in [2.24, 2.45) is 0 Å². The van der Waals surface area contributed by atoms with E-state index in [-0.39, 0.29) is 17.0 Å². The molecule has 2 saturated carbocycles. The van der Waals surface area contributed by atoms with Crippen LogP contribution in [0.15, 0.2) is 66.4 Å². The molecule has 1 atom stereocenters. The topological polar surface area (TPSA) is 74.3 Å². The van der Waals surface area contributed by atoms with Crippen molar-refractivity contribution in [3.63, 3.8) is 0 Å². The fraction of sp³-hybridized carbons (Fsp3) is 0.545. The molecule has 3 aliphatic carbocycles. The maximum absolute atomic E-state index is 14.0. The van der Waals surface area contributed by atoms with E-state index in [1.165, 1.54) is 25.7 Å². The fourth-order valence-electron chi connectivity index (χ4n) is 7.84. The highest BCUT2D eigenvalue weighted by Crippen LogP contribution is 2.45. The van der Waals surface area contributed by atoms with Gasteiger partial charge in [0.1, 0.15) is 5.82 Å². The van der Waals surface area contributed by atoms with Crippen LogP contribution in [0.1, 0.15) is 89.0 Å². The maximum Gasteiger partial charge on any atom is 0.243 e. The first-order valence-corrected chi connectivity index (χ1v) is 15.0. The predicted octanol–water partition coefficient (Wildman–Crippen LogP) is 5.89. The van der Waals surface area contributed by atoms with Crippen molar-refractivity contribution in [2.45, 2.75) is 100.0 Å². The summed E-state index contributed by atoms with van der Waals surface area (Å²) in [6, 6.07) is 3.93. The highest BCUT2D eigenvalue weighted by molar-refractivity contribution is 6.05. The number of nitrogens with zero attached hydrogens (tertiary/aromatic N) is 2. The van der Waals surface area contributed by atoms with Crippen molar-refractivity contribution in [1.82, 2.24) is 15.2 Å². The molecular weight excluding hydrogens is 484 g/mol. The SMILES string of the molecule is C=C1\C=C/C(/C=C/CN2C(=O)C3(CCCC3)NCC23CCCCCC3)=C\CC[C@@]2(C1)C(=O)Nc1ncccc12. The molecule has 1 aromatic rings. The van der Waals surface area contributed by atoms with E-state index in [0.29, 0.717) is 31.1 Å². The minimum Gasteiger partial charge on any atom is -0.330 e. The lowest BCUT2D eigenvalue weighted by atomic mass is 9.73. The van der Waals surface area contributed by atoms with Crippen molar-refractivity contribution in [3.8, 4) is 0 Å². The van der Waals surface area contributed by atoms with E-state index in [9.17, 15) is 9.59 Å². The van der Waals surface area contributed by atoms with Gasteiger partial charge < -0.3 is 15.5 Å². The molecule has 3 fully saturated rings. The van der Waals surface area contributed by atoms with Crippen LogP contribution in [0.5, 0.6) is 0 Å². The normalized spacial score (nSPS) is 30.5. The summed E-state index contributed by atoms with van der Waals surface area (Å²) in [5, 5.41) is 6.77. The van der Waals surface area contributed by atoms with Crippen molar-refractivity contribution < 1.29 is 9.59 Å². The van der Waals surface area contributed by atoms with Crippen LogP contribution in [0.25, 0.3) is 0 Å². The van der Waals surface area contributed by atoms with Crippen LogP contribution in [0.3, 0.4) is 0 Å². The standard InChI is InChI=1S/C33H42N4O2/c1-25-14-15-26(11-8-18-32(23-25)27-13-9-21-34-28(27)36-29(32)38)12-10-22-37-30(39)33(19-6-7-20-33)35-24-31(37)16-4-2-3-5-17-31/h9-15,21,35H,1-8,16-20,22-24H2,(H,34,36,38)/b12-10+,15-14-,26-11-/t32-/m0/s1. The zero-order chi connectivity index (χ0) is 26.9. The smallest absolute Gasteiger partial charge is 0.243 e. The molecule has 0 bridgehead atoms. The van der Waals surface area contributed by atoms with E-state index in [2.05, 4.69) is 51.4 Å². The molecule has 1 saturated heterocycles. The average Bonchev–Trinajstić information content (AvgIpc) is 3.45. The van der Waals surface area contributed by atoms with E-state index in [0.717, 1.165) is 68.2 Å². The van der Waals surface area contributed by atoms with Gasteiger partial charge in [-0.1, -0.05) is 87.1 Å². The van der Waals surface area contributed by atoms with Crippen molar-refractivity contribution in [2.75, 3.05) is 18.4 Å². The molecule has 2 N–H and O–H groups in total. The summed E-state index contributed by atoms with van der Waals surface area (Å²) in [7, 11) is 0. The number of fused-ring (bicyclic) bond motifs is 2. The molecule has 6 nitrogen and oxygen atoms in total. The van der Waals surface area contributed by atoms with E-state index in [1.54, 1.807) is 6.20 Å². The Morgan fingerprint density at radius 2 is 1.77 bits per heavy atom. The van der Waals surface area contributed by atoms with Crippen LogP contribution in [0, 0.1) is 0 Å². The van der Waals surface area contributed by atoms with Gasteiger partial charge in [-0.15, -0.1) is 0 Å². The first-order valence-electron chi connectivity index (χ1n) is 15.0. The first kappa shape index (κ1) is 26.2. The number of allylic oxidation sites excluding steroid dienone is 6. The van der Waals surface area contributed by atoms with Crippen LogP contribution in [0.4, 0.5) is 5.82 Å². The number of hydrogen-bond donors (Lipinski definition) is 2. The number of carbonyl (C=O) groups is 2. The second-order valence-electron chi connectivity index (χ2n) is 12.4. The third-order valence-electron chi connectivity index (χ3n) is 10.1. The van der Waals surface area contributed by atoms with Gasteiger partial charge in [0.15, 0.2) is 0 Å². The molecule has 6 rings (SSSR count). The molecule has 3 heterocycles. The highest BCUT2D eigenvalue weighted by atomic mass is 16.2. The Kier molecular flexibility index (Phi) is 7.09. The number of piperazine rings is 1. The zero-order valence-corrected chi connectivity index (χ0v) is 23.1. The van der Waals surface area contributed by atoms with Crippen molar-refractivity contribution >= 4 is 17.6 Å². The summed E-state index contributed by atoms with van der Waals surface area (Å²) < 4.78 is 0. The van der Waals surface area contributed by atoms with Gasteiger partial charge >= 0.3 is 0 Å². The Hall–Kier alpha value is -2.99. The van der Waals surface area contributed by atoms with E-state index >= 15 is 0 Å². The van der Waals surface area contributed by atoms with Crippen molar-refractivity contribution in [3.05, 3.63) is 72.0 Å². The van der Waals surface area contributed by atoms with E-state index < -0.39 is 5.41 Å². The lowest BCUT2D eigenvalue weighted by Gasteiger charge is -2.53. The minimum atomic E-state index is -0.630. The molecule has 39 heavy (non-hydrogen) atoms. The summed E-state index contributed by atoms with van der Waals surface area (Å²) in [6.45, 7) is 5.87. The minimum absolute atomic E-state index is 0.0184. The quantitative estimate of drug-likeness (QED) is 0.515.